The van der Waals surface area contributed by atoms with Crippen molar-refractivity contribution in [2.75, 3.05) is 19.6 Å². The summed E-state index contributed by atoms with van der Waals surface area (Å²) in [5, 5.41) is 5.10. The van der Waals surface area contributed by atoms with Gasteiger partial charge in [-0.1, -0.05) is 0 Å². The van der Waals surface area contributed by atoms with Crippen molar-refractivity contribution in [3.8, 4) is 0 Å². The van der Waals surface area contributed by atoms with Gasteiger partial charge in [0.05, 0.1) is 6.54 Å². The Morgan fingerprint density at radius 3 is 2.58 bits per heavy atom. The van der Waals surface area contributed by atoms with Crippen LogP contribution in [-0.2, 0) is 4.79 Å². The number of urea groups is 1. The Balaban J connectivity index is 0.00000180. The Morgan fingerprint density at radius 2 is 2.05 bits per heavy atom. The average Bonchev–Trinajstić information content (AvgIpc) is 3.03. The third-order valence-corrected chi connectivity index (χ3v) is 3.64. The van der Waals surface area contributed by atoms with E-state index in [0.717, 1.165) is 25.8 Å². The molecule has 2 rings (SSSR count). The summed E-state index contributed by atoms with van der Waals surface area (Å²) in [7, 11) is 0. The zero-order valence-electron chi connectivity index (χ0n) is 11.2. The predicted octanol–water partition coefficient (Wildman–Crippen LogP) is 0.0655. The van der Waals surface area contributed by atoms with E-state index in [1.807, 2.05) is 0 Å². The summed E-state index contributed by atoms with van der Waals surface area (Å²) in [5.41, 5.74) is 5.64. The maximum absolute atomic E-state index is 11.7. The molecule has 7 heteroatoms. The molecule has 0 aromatic heterocycles. The number of carbonyl (C=O) groups excluding carboxylic acids is 2. The highest BCUT2D eigenvalue weighted by Gasteiger charge is 2.30. The summed E-state index contributed by atoms with van der Waals surface area (Å²) in [4.78, 5) is 25.2. The molecule has 1 aliphatic carbocycles. The lowest BCUT2D eigenvalue weighted by molar-refractivity contribution is -0.121. The quantitative estimate of drug-likeness (QED) is 0.683. The van der Waals surface area contributed by atoms with Crippen LogP contribution in [0.15, 0.2) is 0 Å². The van der Waals surface area contributed by atoms with Crippen LogP contribution in [0.3, 0.4) is 0 Å². The van der Waals surface area contributed by atoms with Gasteiger partial charge in [0.25, 0.3) is 0 Å². The molecule has 0 aromatic carbocycles. The zero-order valence-corrected chi connectivity index (χ0v) is 12.0. The molecule has 2 unspecified atom stereocenters. The smallest absolute Gasteiger partial charge is 0.321 e. The van der Waals surface area contributed by atoms with Gasteiger partial charge in [-0.3, -0.25) is 15.0 Å². The number of rotatable bonds is 4. The second kappa shape index (κ2) is 7.07. The van der Waals surface area contributed by atoms with E-state index in [0.29, 0.717) is 18.5 Å². The van der Waals surface area contributed by atoms with Crippen molar-refractivity contribution in [3.05, 3.63) is 0 Å². The summed E-state index contributed by atoms with van der Waals surface area (Å²) in [5.74, 6) is 0.228. The number of imide groups is 1. The first kappa shape index (κ1) is 16.2. The Labute approximate surface area is 119 Å². The summed E-state index contributed by atoms with van der Waals surface area (Å²) >= 11 is 0. The third-order valence-electron chi connectivity index (χ3n) is 3.64. The first-order chi connectivity index (χ1) is 8.58. The second-order valence-corrected chi connectivity index (χ2v) is 5.41. The second-order valence-electron chi connectivity index (χ2n) is 5.41. The Kier molecular flexibility index (Phi) is 6.03. The topological polar surface area (TPSA) is 87.5 Å². The van der Waals surface area contributed by atoms with E-state index < -0.39 is 0 Å². The van der Waals surface area contributed by atoms with Gasteiger partial charge in [-0.05, 0) is 38.6 Å². The van der Waals surface area contributed by atoms with Gasteiger partial charge in [-0.15, -0.1) is 12.4 Å². The minimum absolute atomic E-state index is 0. The maximum Gasteiger partial charge on any atom is 0.321 e. The standard InChI is InChI=1S/C12H22N4O2.ClH/c1-8-4-9(5-13)6-16(8)7-11(17)15-12(18)14-10-2-3-10;/h8-10H,2-7,13H2,1H3,(H2,14,15,17,18);1H. The molecule has 6 nitrogen and oxygen atoms in total. The highest BCUT2D eigenvalue weighted by atomic mass is 35.5. The number of likely N-dealkylation sites (tertiary alicyclic amines) is 1. The van der Waals surface area contributed by atoms with E-state index >= 15 is 0 Å². The number of halogens is 1. The molecule has 110 valence electrons. The van der Waals surface area contributed by atoms with Crippen LogP contribution in [-0.4, -0.2) is 48.6 Å². The SMILES string of the molecule is CC1CC(CN)CN1CC(=O)NC(=O)NC1CC1.Cl. The fraction of sp³-hybridized carbons (Fsp3) is 0.833. The lowest BCUT2D eigenvalue weighted by Crippen LogP contribution is -2.45. The zero-order chi connectivity index (χ0) is 13.1. The van der Waals surface area contributed by atoms with Crippen molar-refractivity contribution < 1.29 is 9.59 Å². The fourth-order valence-electron chi connectivity index (χ4n) is 2.41. The van der Waals surface area contributed by atoms with Crippen LogP contribution in [0.1, 0.15) is 26.2 Å². The monoisotopic (exact) mass is 290 g/mol. The van der Waals surface area contributed by atoms with Crippen molar-refractivity contribution in [3.63, 3.8) is 0 Å². The molecule has 3 amide bonds. The van der Waals surface area contributed by atoms with Gasteiger partial charge in [0.15, 0.2) is 0 Å². The molecule has 0 spiro atoms. The first-order valence-electron chi connectivity index (χ1n) is 6.63. The fourth-order valence-corrected chi connectivity index (χ4v) is 2.41. The Bertz CT molecular complexity index is 336. The number of nitrogens with one attached hydrogen (secondary N) is 2. The van der Waals surface area contributed by atoms with Crippen molar-refractivity contribution >= 4 is 24.3 Å². The highest BCUT2D eigenvalue weighted by molar-refractivity contribution is 5.95. The van der Waals surface area contributed by atoms with E-state index in [-0.39, 0.29) is 36.9 Å². The van der Waals surface area contributed by atoms with E-state index in [1.54, 1.807) is 0 Å². The molecule has 2 atom stereocenters. The van der Waals surface area contributed by atoms with Crippen molar-refractivity contribution in [1.29, 1.82) is 0 Å². The van der Waals surface area contributed by atoms with Gasteiger partial charge < -0.3 is 11.1 Å². The molecular weight excluding hydrogens is 268 g/mol. The number of nitrogens with two attached hydrogens (primary N) is 1. The van der Waals surface area contributed by atoms with Crippen LogP contribution in [0.4, 0.5) is 4.79 Å². The lowest BCUT2D eigenvalue weighted by Gasteiger charge is -2.19. The van der Waals surface area contributed by atoms with Gasteiger partial charge in [0, 0.05) is 18.6 Å². The minimum Gasteiger partial charge on any atom is -0.335 e. The van der Waals surface area contributed by atoms with Gasteiger partial charge in [-0.25, -0.2) is 4.79 Å². The lowest BCUT2D eigenvalue weighted by atomic mass is 10.1. The van der Waals surface area contributed by atoms with Crippen LogP contribution < -0.4 is 16.4 Å². The normalized spacial score (nSPS) is 26.6. The summed E-state index contributed by atoms with van der Waals surface area (Å²) in [6, 6.07) is 0.255. The molecule has 1 saturated heterocycles. The number of amides is 3. The number of nitrogens with zero attached hydrogens (tertiary/aromatic N) is 1. The van der Waals surface area contributed by atoms with Crippen molar-refractivity contribution in [1.82, 2.24) is 15.5 Å². The first-order valence-corrected chi connectivity index (χ1v) is 6.63. The summed E-state index contributed by atoms with van der Waals surface area (Å²) in [6.45, 7) is 3.86. The molecule has 1 heterocycles. The molecule has 0 aromatic rings. The average molecular weight is 291 g/mol. The number of hydrogen-bond donors (Lipinski definition) is 3. The van der Waals surface area contributed by atoms with Crippen LogP contribution in [0.5, 0.6) is 0 Å². The molecule has 2 aliphatic rings. The van der Waals surface area contributed by atoms with Crippen LogP contribution in [0.25, 0.3) is 0 Å². The number of hydrogen-bond acceptors (Lipinski definition) is 4. The highest BCUT2D eigenvalue weighted by Crippen LogP contribution is 2.21. The molecule has 4 N–H and O–H groups in total. The molecule has 19 heavy (non-hydrogen) atoms. The minimum atomic E-state index is -0.371. The third kappa shape index (κ3) is 4.97. The van der Waals surface area contributed by atoms with Gasteiger partial charge >= 0.3 is 6.03 Å². The van der Waals surface area contributed by atoms with Gasteiger partial charge in [0.2, 0.25) is 5.91 Å². The number of carbonyl (C=O) groups is 2. The maximum atomic E-state index is 11.7. The van der Waals surface area contributed by atoms with Crippen LogP contribution >= 0.6 is 12.4 Å². The summed E-state index contributed by atoms with van der Waals surface area (Å²) < 4.78 is 0. The molecular formula is C12H23ClN4O2. The van der Waals surface area contributed by atoms with Crippen molar-refractivity contribution in [2.24, 2.45) is 11.7 Å². The molecule has 1 aliphatic heterocycles. The largest absolute Gasteiger partial charge is 0.335 e. The van der Waals surface area contributed by atoms with E-state index in [9.17, 15) is 9.59 Å². The molecule has 0 bridgehead atoms. The molecule has 1 saturated carbocycles. The van der Waals surface area contributed by atoms with E-state index in [4.69, 9.17) is 5.73 Å². The van der Waals surface area contributed by atoms with Crippen LogP contribution in [0.2, 0.25) is 0 Å². The Hall–Kier alpha value is -0.850. The van der Waals surface area contributed by atoms with E-state index in [1.165, 1.54) is 0 Å². The van der Waals surface area contributed by atoms with Crippen molar-refractivity contribution in [2.45, 2.75) is 38.3 Å². The van der Waals surface area contributed by atoms with E-state index in [2.05, 4.69) is 22.5 Å². The van der Waals surface area contributed by atoms with Gasteiger partial charge in [-0.2, -0.15) is 0 Å². The van der Waals surface area contributed by atoms with Gasteiger partial charge in [0.1, 0.15) is 0 Å². The predicted molar refractivity (Wildman–Crippen MR) is 75.1 cm³/mol. The Morgan fingerprint density at radius 1 is 1.37 bits per heavy atom. The molecule has 2 fully saturated rings. The summed E-state index contributed by atoms with van der Waals surface area (Å²) in [6.07, 6.45) is 3.06. The van der Waals surface area contributed by atoms with Crippen LogP contribution in [0, 0.1) is 5.92 Å². The molecule has 0 radical (unpaired) electrons.